The fourth-order valence-electron chi connectivity index (χ4n) is 3.28. The Morgan fingerprint density at radius 3 is 2.52 bits per heavy atom. The van der Waals surface area contributed by atoms with Crippen molar-refractivity contribution in [3.63, 3.8) is 0 Å². The number of para-hydroxylation sites is 2. The number of anilines is 1. The van der Waals surface area contributed by atoms with E-state index >= 15 is 0 Å². The second-order valence-electron chi connectivity index (χ2n) is 6.26. The lowest BCUT2D eigenvalue weighted by atomic mass is 9.91. The van der Waals surface area contributed by atoms with Crippen molar-refractivity contribution in [2.24, 2.45) is 0 Å². The average molecular weight is 414 g/mol. The lowest BCUT2D eigenvalue weighted by Gasteiger charge is -2.38. The summed E-state index contributed by atoms with van der Waals surface area (Å²) < 4.78 is 23.9. The fraction of sp³-hybridized carbons (Fsp3) is 0.190. The van der Waals surface area contributed by atoms with Crippen LogP contribution in [0.1, 0.15) is 18.5 Å². The molecule has 0 saturated heterocycles. The van der Waals surface area contributed by atoms with Gasteiger partial charge < -0.3 is 14.8 Å². The molecule has 1 aliphatic rings. The lowest BCUT2D eigenvalue weighted by Crippen LogP contribution is -2.48. The molecule has 1 aliphatic heterocycles. The standard InChI is InChI=1S/C21H19FN2O4S/c1-12-17(19(25)20(26)28-3)18(13-7-6-8-14(22)11-13)23-21(29)24(12)15-9-4-5-10-16(15)27-2/h4-11,18H,1-3H3,(H,23,29)/t18-/m1/s1. The molecule has 29 heavy (non-hydrogen) atoms. The molecule has 6 nitrogen and oxygen atoms in total. The van der Waals surface area contributed by atoms with Crippen molar-refractivity contribution in [2.45, 2.75) is 13.0 Å². The monoisotopic (exact) mass is 414 g/mol. The molecule has 1 heterocycles. The Kier molecular flexibility index (Phi) is 5.93. The van der Waals surface area contributed by atoms with E-state index in [9.17, 15) is 14.0 Å². The van der Waals surface area contributed by atoms with Gasteiger partial charge in [-0.05, 0) is 49.0 Å². The van der Waals surface area contributed by atoms with Crippen LogP contribution >= 0.6 is 12.2 Å². The van der Waals surface area contributed by atoms with Gasteiger partial charge in [0.05, 0.1) is 31.5 Å². The van der Waals surface area contributed by atoms with E-state index in [1.165, 1.54) is 25.3 Å². The molecule has 8 heteroatoms. The maximum Gasteiger partial charge on any atom is 0.379 e. The minimum atomic E-state index is -1.02. The van der Waals surface area contributed by atoms with Crippen LogP contribution < -0.4 is 15.0 Å². The highest BCUT2D eigenvalue weighted by Crippen LogP contribution is 2.37. The zero-order valence-electron chi connectivity index (χ0n) is 16.1. The number of nitrogens with zero attached hydrogens (tertiary/aromatic N) is 1. The zero-order chi connectivity index (χ0) is 21.1. The number of carbonyl (C=O) groups excluding carboxylic acids is 2. The fourth-order valence-corrected chi connectivity index (χ4v) is 3.63. The molecule has 1 atom stereocenters. The van der Waals surface area contributed by atoms with Crippen LogP contribution in [0, 0.1) is 5.82 Å². The first-order valence-corrected chi connectivity index (χ1v) is 9.12. The van der Waals surface area contributed by atoms with Gasteiger partial charge in [-0.1, -0.05) is 24.3 Å². The normalized spacial score (nSPS) is 16.3. The van der Waals surface area contributed by atoms with Crippen LogP contribution in [0.5, 0.6) is 5.75 Å². The van der Waals surface area contributed by atoms with Crippen LogP contribution in [-0.2, 0) is 14.3 Å². The summed E-state index contributed by atoms with van der Waals surface area (Å²) in [5, 5.41) is 3.33. The minimum Gasteiger partial charge on any atom is -0.495 e. The number of esters is 1. The molecule has 0 radical (unpaired) electrons. The number of allylic oxidation sites excluding steroid dienone is 1. The number of methoxy groups -OCH3 is 2. The maximum absolute atomic E-state index is 13.8. The summed E-state index contributed by atoms with van der Waals surface area (Å²) in [5.41, 5.74) is 1.58. The summed E-state index contributed by atoms with van der Waals surface area (Å²) in [6.45, 7) is 1.67. The van der Waals surface area contributed by atoms with Crippen molar-refractivity contribution >= 4 is 34.8 Å². The molecular weight excluding hydrogens is 395 g/mol. The van der Waals surface area contributed by atoms with Gasteiger partial charge in [0, 0.05) is 5.70 Å². The van der Waals surface area contributed by atoms with Gasteiger partial charge in [0.15, 0.2) is 5.11 Å². The first-order chi connectivity index (χ1) is 13.9. The predicted molar refractivity (Wildman–Crippen MR) is 110 cm³/mol. The number of halogens is 1. The SMILES string of the molecule is COC(=O)C(=O)C1=C(C)N(c2ccccc2OC)C(=S)N[C@@H]1c1cccc(F)c1. The Bertz CT molecular complexity index is 1020. The van der Waals surface area contributed by atoms with Crippen LogP contribution in [0.15, 0.2) is 59.8 Å². The zero-order valence-corrected chi connectivity index (χ0v) is 16.9. The number of benzene rings is 2. The number of Topliss-reactive ketones (excluding diaryl/α,β-unsaturated/α-hetero) is 1. The quantitative estimate of drug-likeness (QED) is 0.457. The molecule has 0 aromatic heterocycles. The molecule has 0 fully saturated rings. The molecule has 2 aromatic rings. The summed E-state index contributed by atoms with van der Waals surface area (Å²) in [4.78, 5) is 26.6. The largest absolute Gasteiger partial charge is 0.495 e. The Morgan fingerprint density at radius 1 is 1.14 bits per heavy atom. The van der Waals surface area contributed by atoms with Crippen LogP contribution in [0.4, 0.5) is 10.1 Å². The van der Waals surface area contributed by atoms with Crippen molar-refractivity contribution in [2.75, 3.05) is 19.1 Å². The summed E-state index contributed by atoms with van der Waals surface area (Å²) in [6, 6.07) is 12.1. The highest BCUT2D eigenvalue weighted by Gasteiger charge is 2.38. The van der Waals surface area contributed by atoms with Crippen LogP contribution in [-0.4, -0.2) is 31.1 Å². The number of ether oxygens (including phenoxy) is 2. The summed E-state index contributed by atoms with van der Waals surface area (Å²) in [7, 11) is 2.65. The Labute approximate surface area is 172 Å². The van der Waals surface area contributed by atoms with Crippen molar-refractivity contribution in [3.05, 3.63) is 71.2 Å². The van der Waals surface area contributed by atoms with Crippen molar-refractivity contribution in [3.8, 4) is 5.75 Å². The topological polar surface area (TPSA) is 67.9 Å². The molecule has 0 saturated carbocycles. The number of carbonyl (C=O) groups is 2. The third-order valence-electron chi connectivity index (χ3n) is 4.61. The summed E-state index contributed by atoms with van der Waals surface area (Å²) in [6.07, 6.45) is 0. The van der Waals surface area contributed by atoms with E-state index in [4.69, 9.17) is 17.0 Å². The third-order valence-corrected chi connectivity index (χ3v) is 4.91. The number of hydrogen-bond acceptors (Lipinski definition) is 5. The maximum atomic E-state index is 13.8. The highest BCUT2D eigenvalue weighted by atomic mass is 32.1. The Hall–Kier alpha value is -3.26. The molecule has 0 unspecified atom stereocenters. The number of ketones is 1. The van der Waals surface area contributed by atoms with Crippen molar-refractivity contribution < 1.29 is 23.5 Å². The van der Waals surface area contributed by atoms with E-state index in [0.29, 0.717) is 22.7 Å². The second-order valence-corrected chi connectivity index (χ2v) is 6.65. The van der Waals surface area contributed by atoms with E-state index in [1.807, 2.05) is 0 Å². The third kappa shape index (κ3) is 3.84. The van der Waals surface area contributed by atoms with Gasteiger partial charge in [-0.15, -0.1) is 0 Å². The predicted octanol–water partition coefficient (Wildman–Crippen LogP) is 3.29. The van der Waals surface area contributed by atoms with E-state index in [1.54, 1.807) is 42.2 Å². The first kappa shape index (κ1) is 20.5. The smallest absolute Gasteiger partial charge is 0.379 e. The Morgan fingerprint density at radius 2 is 1.86 bits per heavy atom. The first-order valence-electron chi connectivity index (χ1n) is 8.71. The molecule has 150 valence electrons. The highest BCUT2D eigenvalue weighted by molar-refractivity contribution is 7.80. The Balaban J connectivity index is 2.21. The van der Waals surface area contributed by atoms with Crippen LogP contribution in [0.2, 0.25) is 0 Å². The van der Waals surface area contributed by atoms with E-state index < -0.39 is 23.6 Å². The molecule has 0 bridgehead atoms. The van der Waals surface area contributed by atoms with E-state index in [0.717, 1.165) is 7.11 Å². The molecule has 2 aromatic carbocycles. The van der Waals surface area contributed by atoms with Gasteiger partial charge in [0.2, 0.25) is 0 Å². The molecule has 0 amide bonds. The summed E-state index contributed by atoms with van der Waals surface area (Å²) in [5.74, 6) is -1.79. The lowest BCUT2D eigenvalue weighted by molar-refractivity contribution is -0.150. The average Bonchev–Trinajstić information content (AvgIpc) is 2.72. The number of thiocarbonyl (C=S) groups is 1. The van der Waals surface area contributed by atoms with Crippen LogP contribution in [0.3, 0.4) is 0 Å². The number of nitrogens with one attached hydrogen (secondary N) is 1. The molecule has 1 N–H and O–H groups in total. The van der Waals surface area contributed by atoms with Crippen molar-refractivity contribution in [1.29, 1.82) is 0 Å². The van der Waals surface area contributed by atoms with Gasteiger partial charge >= 0.3 is 5.97 Å². The molecule has 0 spiro atoms. The van der Waals surface area contributed by atoms with Gasteiger partial charge in [0.25, 0.3) is 5.78 Å². The van der Waals surface area contributed by atoms with Crippen molar-refractivity contribution in [1.82, 2.24) is 5.32 Å². The van der Waals surface area contributed by atoms with E-state index in [2.05, 4.69) is 10.1 Å². The summed E-state index contributed by atoms with van der Waals surface area (Å²) >= 11 is 5.54. The van der Waals surface area contributed by atoms with Gasteiger partial charge in [-0.2, -0.15) is 0 Å². The molecule has 3 rings (SSSR count). The number of rotatable bonds is 5. The van der Waals surface area contributed by atoms with Crippen LogP contribution in [0.25, 0.3) is 0 Å². The minimum absolute atomic E-state index is 0.113. The van der Waals surface area contributed by atoms with Gasteiger partial charge in [-0.25, -0.2) is 9.18 Å². The van der Waals surface area contributed by atoms with Gasteiger partial charge in [0.1, 0.15) is 11.6 Å². The molecule has 0 aliphatic carbocycles. The number of hydrogen-bond donors (Lipinski definition) is 1. The molecular formula is C21H19FN2O4S. The second kappa shape index (κ2) is 8.40. The van der Waals surface area contributed by atoms with Gasteiger partial charge in [-0.3, -0.25) is 9.69 Å². The van der Waals surface area contributed by atoms with E-state index in [-0.39, 0.29) is 10.7 Å².